The molecule has 13 heteroatoms. The van der Waals surface area contributed by atoms with Gasteiger partial charge in [0, 0.05) is 24.5 Å². The Hall–Kier alpha value is -5.59. The summed E-state index contributed by atoms with van der Waals surface area (Å²) in [6.45, 7) is 5.17. The van der Waals surface area contributed by atoms with Crippen LogP contribution in [-0.4, -0.2) is 88.1 Å². The van der Waals surface area contributed by atoms with Crippen LogP contribution >= 0.6 is 0 Å². The minimum atomic E-state index is -0.650. The monoisotopic (exact) mass is 775 g/mol. The molecular weight excluding hydrogens is 723 g/mol. The predicted octanol–water partition coefficient (Wildman–Crippen LogP) is 7.07. The zero-order valence-electron chi connectivity index (χ0n) is 33.2. The van der Waals surface area contributed by atoms with Crippen molar-refractivity contribution >= 4 is 24.0 Å². The summed E-state index contributed by atoms with van der Waals surface area (Å²) >= 11 is 0. The molecule has 1 saturated carbocycles. The van der Waals surface area contributed by atoms with E-state index in [4.69, 9.17) is 14.5 Å². The van der Waals surface area contributed by atoms with E-state index in [0.717, 1.165) is 103 Å². The van der Waals surface area contributed by atoms with Crippen LogP contribution < -0.4 is 10.6 Å². The van der Waals surface area contributed by atoms with Crippen molar-refractivity contribution in [1.82, 2.24) is 35.4 Å². The molecule has 13 nitrogen and oxygen atoms in total. The molecule has 2 aromatic carbocycles. The van der Waals surface area contributed by atoms with Gasteiger partial charge in [-0.05, 0) is 103 Å². The summed E-state index contributed by atoms with van der Waals surface area (Å²) in [6.07, 6.45) is 9.05. The highest BCUT2D eigenvalue weighted by molar-refractivity contribution is 5.87. The van der Waals surface area contributed by atoms with E-state index in [2.05, 4.69) is 69.1 Å². The number of hydrogen-bond donors (Lipinski definition) is 4. The van der Waals surface area contributed by atoms with Crippen LogP contribution in [0, 0.1) is 11.8 Å². The number of amides is 4. The highest BCUT2D eigenvalue weighted by Crippen LogP contribution is 2.43. The molecule has 4 amide bonds. The molecule has 4 heterocycles. The second-order valence-electron chi connectivity index (χ2n) is 16.2. The van der Waals surface area contributed by atoms with Crippen LogP contribution in [0.3, 0.4) is 0 Å². The Kier molecular flexibility index (Phi) is 10.8. The summed E-state index contributed by atoms with van der Waals surface area (Å²) in [6, 6.07) is 15.6. The number of fused-ring (bicyclic) bond motifs is 1. The van der Waals surface area contributed by atoms with Gasteiger partial charge in [0.15, 0.2) is 0 Å². The Morgan fingerprint density at radius 3 is 1.91 bits per heavy atom. The van der Waals surface area contributed by atoms with Gasteiger partial charge in [-0.1, -0.05) is 62.4 Å². The van der Waals surface area contributed by atoms with Gasteiger partial charge in [-0.15, -0.1) is 0 Å². The molecule has 2 saturated heterocycles. The average molecular weight is 776 g/mol. The fourth-order valence-corrected chi connectivity index (χ4v) is 9.16. The molecule has 4 aromatic rings. The number of ether oxygens (including phenoxy) is 2. The quantitative estimate of drug-likeness (QED) is 0.127. The fourth-order valence-electron chi connectivity index (χ4n) is 9.16. The lowest BCUT2D eigenvalue weighted by Crippen LogP contribution is -2.51. The lowest BCUT2D eigenvalue weighted by molar-refractivity contribution is -0.136. The molecule has 57 heavy (non-hydrogen) atoms. The highest BCUT2D eigenvalue weighted by atomic mass is 16.5. The zero-order chi connectivity index (χ0) is 39.8. The van der Waals surface area contributed by atoms with Crippen molar-refractivity contribution in [2.24, 2.45) is 11.8 Å². The van der Waals surface area contributed by atoms with Crippen LogP contribution in [0.15, 0.2) is 54.7 Å². The molecule has 0 unspecified atom stereocenters. The third-order valence-electron chi connectivity index (χ3n) is 12.3. The molecule has 2 aromatic heterocycles. The lowest BCUT2D eigenvalue weighted by atomic mass is 9.99. The van der Waals surface area contributed by atoms with Gasteiger partial charge >= 0.3 is 12.2 Å². The normalized spacial score (nSPS) is 20.0. The molecule has 4 N–H and O–H groups in total. The second kappa shape index (κ2) is 16.1. The first-order valence-corrected chi connectivity index (χ1v) is 20.4. The number of carbonyl (C=O) groups excluding carboxylic acids is 4. The summed E-state index contributed by atoms with van der Waals surface area (Å²) in [5.74, 6) is 0.691. The summed E-state index contributed by atoms with van der Waals surface area (Å²) in [5, 5.41) is 5.53. The van der Waals surface area contributed by atoms with E-state index < -0.39 is 24.3 Å². The number of methoxy groups -OCH3 is 2. The molecule has 2 aliphatic carbocycles. The van der Waals surface area contributed by atoms with Gasteiger partial charge in [-0.2, -0.15) is 0 Å². The zero-order valence-corrected chi connectivity index (χ0v) is 33.2. The molecule has 4 aliphatic rings. The van der Waals surface area contributed by atoms with E-state index in [-0.39, 0.29) is 35.7 Å². The third kappa shape index (κ3) is 7.63. The number of likely N-dealkylation sites (tertiary alicyclic amines) is 2. The minimum Gasteiger partial charge on any atom is -0.453 e. The highest BCUT2D eigenvalue weighted by Gasteiger charge is 2.43. The lowest BCUT2D eigenvalue weighted by Gasteiger charge is -2.31. The van der Waals surface area contributed by atoms with E-state index >= 15 is 0 Å². The van der Waals surface area contributed by atoms with E-state index in [1.165, 1.54) is 25.3 Å². The summed E-state index contributed by atoms with van der Waals surface area (Å²) in [7, 11) is 2.63. The van der Waals surface area contributed by atoms with Gasteiger partial charge in [0.2, 0.25) is 11.8 Å². The van der Waals surface area contributed by atoms with Crippen LogP contribution in [0.1, 0.15) is 93.5 Å². The minimum absolute atomic E-state index is 0.0582. The number of rotatable bonds is 11. The first-order chi connectivity index (χ1) is 27.6. The van der Waals surface area contributed by atoms with E-state index in [1.54, 1.807) is 0 Å². The fraction of sp³-hybridized carbons (Fsp3) is 0.477. The molecule has 0 bridgehead atoms. The van der Waals surface area contributed by atoms with Crippen LogP contribution in [-0.2, 0) is 31.9 Å². The smallest absolute Gasteiger partial charge is 0.407 e. The Morgan fingerprint density at radius 1 is 0.702 bits per heavy atom. The van der Waals surface area contributed by atoms with Crippen LogP contribution in [0.5, 0.6) is 0 Å². The number of H-pyrrole nitrogens is 2. The molecule has 2 aliphatic heterocycles. The van der Waals surface area contributed by atoms with Crippen LogP contribution in [0.25, 0.3) is 33.6 Å². The van der Waals surface area contributed by atoms with Crippen molar-refractivity contribution in [1.29, 1.82) is 0 Å². The molecule has 300 valence electrons. The number of imidazole rings is 1. The van der Waals surface area contributed by atoms with Crippen molar-refractivity contribution in [3.8, 4) is 33.6 Å². The number of aromatic amines is 2. The second-order valence-corrected chi connectivity index (χ2v) is 16.2. The largest absolute Gasteiger partial charge is 0.453 e. The standard InChI is InChI=1S/C44H53N7O6/c1-25(2)36(48-43(54)56-3)41(52)50-22-6-10-34(50)39-32-9-5-8-31(32)37(47-39)29-18-14-27(15-19-29)26-12-16-28(17-13-26)33-24-45-40(46-33)35-11-7-23-51(35)42(53)38(30-20-21-30)49-44(55)57-4/h12-19,24-25,30,34-36,38,47H,5-11,20-23H2,1-4H3,(H,45,46)(H,48,54)(H,49,55)/t34-,35-,36-,38-/m0/s1. The van der Waals surface area contributed by atoms with Gasteiger partial charge in [-0.3, -0.25) is 9.59 Å². The maximum absolute atomic E-state index is 13.8. The molecule has 0 radical (unpaired) electrons. The molecule has 4 atom stereocenters. The first kappa shape index (κ1) is 38.3. The molecule has 8 rings (SSSR count). The average Bonchev–Trinajstić information content (AvgIpc) is 3.80. The van der Waals surface area contributed by atoms with Gasteiger partial charge in [-0.25, -0.2) is 14.6 Å². The Labute approximate surface area is 333 Å². The number of carbonyl (C=O) groups is 4. The van der Waals surface area contributed by atoms with Gasteiger partial charge in [0.1, 0.15) is 17.9 Å². The Bertz CT molecular complexity index is 2120. The Balaban J connectivity index is 0.960. The molecule has 0 spiro atoms. The van der Waals surface area contributed by atoms with Crippen LogP contribution in [0.4, 0.5) is 9.59 Å². The number of hydrogen-bond acceptors (Lipinski definition) is 7. The van der Waals surface area contributed by atoms with Gasteiger partial charge in [0.05, 0.1) is 38.2 Å². The number of alkyl carbamates (subject to hydrolysis) is 2. The summed E-state index contributed by atoms with van der Waals surface area (Å²) in [5.41, 5.74) is 10.2. The van der Waals surface area contributed by atoms with Crippen molar-refractivity contribution in [3.05, 3.63) is 77.4 Å². The topological polar surface area (TPSA) is 162 Å². The SMILES string of the molecule is COC(=O)N[C@H](C(=O)N1CCC[C@H]1c1[nH]c(-c2ccc(-c3ccc(-c4cnc([C@@H]5CCCN5C(=O)[C@@H](NC(=O)OC)C5CC5)[nH]4)cc3)cc2)c2c1CCC2)C(C)C. The summed E-state index contributed by atoms with van der Waals surface area (Å²) in [4.78, 5) is 67.3. The molecular formula is C44H53N7O6. The Morgan fingerprint density at radius 2 is 1.28 bits per heavy atom. The number of nitrogens with one attached hydrogen (secondary N) is 4. The van der Waals surface area contributed by atoms with E-state index in [9.17, 15) is 19.2 Å². The summed E-state index contributed by atoms with van der Waals surface area (Å²) < 4.78 is 9.62. The van der Waals surface area contributed by atoms with Gasteiger partial charge < -0.3 is 39.9 Å². The number of nitrogens with zero attached hydrogens (tertiary/aromatic N) is 3. The van der Waals surface area contributed by atoms with Crippen molar-refractivity contribution in [2.75, 3.05) is 27.3 Å². The first-order valence-electron chi connectivity index (χ1n) is 20.4. The van der Waals surface area contributed by atoms with Crippen molar-refractivity contribution < 1.29 is 28.7 Å². The number of benzene rings is 2. The third-order valence-corrected chi connectivity index (χ3v) is 12.3. The number of aromatic nitrogens is 3. The maximum atomic E-state index is 13.8. The predicted molar refractivity (Wildman–Crippen MR) is 215 cm³/mol. The van der Waals surface area contributed by atoms with Crippen molar-refractivity contribution in [2.45, 2.75) is 95.8 Å². The van der Waals surface area contributed by atoms with Gasteiger partial charge in [0.25, 0.3) is 0 Å². The van der Waals surface area contributed by atoms with E-state index in [0.29, 0.717) is 13.1 Å². The maximum Gasteiger partial charge on any atom is 0.407 e. The van der Waals surface area contributed by atoms with Crippen LogP contribution in [0.2, 0.25) is 0 Å². The molecule has 3 fully saturated rings. The van der Waals surface area contributed by atoms with E-state index in [1.807, 2.05) is 29.8 Å². The van der Waals surface area contributed by atoms with Crippen molar-refractivity contribution in [3.63, 3.8) is 0 Å².